The Labute approximate surface area is 270 Å². The number of cyclic esters (lactones) is 1. The lowest BCUT2D eigenvalue weighted by atomic mass is 9.90. The summed E-state index contributed by atoms with van der Waals surface area (Å²) in [5.41, 5.74) is 1.70. The van der Waals surface area contributed by atoms with E-state index in [1.807, 2.05) is 0 Å². The fraction of sp³-hybridized carbons (Fsp3) is 0.382. The smallest absolute Gasteiger partial charge is 0.348 e. The van der Waals surface area contributed by atoms with E-state index >= 15 is 0 Å². The molecule has 47 heavy (non-hydrogen) atoms. The van der Waals surface area contributed by atoms with Gasteiger partial charge in [0, 0.05) is 42.1 Å². The molecule has 0 radical (unpaired) electrons. The van der Waals surface area contributed by atoms with E-state index in [9.17, 15) is 24.0 Å². The number of ether oxygens (including phenoxy) is 5. The second-order valence-corrected chi connectivity index (χ2v) is 12.0. The predicted octanol–water partition coefficient (Wildman–Crippen LogP) is 1.83. The third kappa shape index (κ3) is 8.30. The molecule has 0 spiro atoms. The Bertz CT molecular complexity index is 1580. The fourth-order valence-electron chi connectivity index (χ4n) is 5.30. The van der Waals surface area contributed by atoms with Crippen LogP contribution < -0.4 is 10.6 Å². The summed E-state index contributed by atoms with van der Waals surface area (Å²) in [5.74, 6) is -2.61. The molecule has 2 saturated heterocycles. The van der Waals surface area contributed by atoms with E-state index in [0.29, 0.717) is 22.3 Å². The molecular weight excluding hydrogens is 612 g/mol. The third-order valence-corrected chi connectivity index (χ3v) is 7.89. The van der Waals surface area contributed by atoms with Crippen molar-refractivity contribution in [3.63, 3.8) is 0 Å². The van der Waals surface area contributed by atoms with Crippen LogP contribution in [0, 0.1) is 5.41 Å². The quantitative estimate of drug-likeness (QED) is 0.184. The van der Waals surface area contributed by atoms with Crippen LogP contribution in [0.25, 0.3) is 6.08 Å². The number of amides is 2. The highest BCUT2D eigenvalue weighted by molar-refractivity contribution is 5.95. The summed E-state index contributed by atoms with van der Waals surface area (Å²) in [6.07, 6.45) is 1.52. The molecule has 3 aliphatic rings. The van der Waals surface area contributed by atoms with Crippen LogP contribution >= 0.6 is 0 Å². The number of nitrogens with one attached hydrogen (secondary N) is 2. The molecule has 248 valence electrons. The first kappa shape index (κ1) is 33.5. The second kappa shape index (κ2) is 14.7. The van der Waals surface area contributed by atoms with Gasteiger partial charge in [-0.2, -0.15) is 0 Å². The first-order valence-corrected chi connectivity index (χ1v) is 15.1. The highest BCUT2D eigenvalue weighted by Crippen LogP contribution is 2.32. The van der Waals surface area contributed by atoms with E-state index in [4.69, 9.17) is 28.8 Å². The standard InChI is InChI=1S/C34H36N2O11/c1-34(2)18-43-33(42)29(34)47-27(38)11-8-20-6-9-22(10-7-20)32(41)46-26-16-24(15-25-28(26)45-19-44-25)31(40)36-17-21-4-3-5-23(14-21)30(39)35-12-13-37/h3-11,14-15,25-26,28-29,37H,12-13,16-19H2,1-2H3,(H,35,39)(H,36,40)/t25-,26-,28-,29+/m1/s1. The van der Waals surface area contributed by atoms with Gasteiger partial charge in [0.2, 0.25) is 12.0 Å². The summed E-state index contributed by atoms with van der Waals surface area (Å²) in [5, 5.41) is 14.3. The summed E-state index contributed by atoms with van der Waals surface area (Å²) in [6, 6.07) is 13.1. The number of hydrogen-bond acceptors (Lipinski definition) is 11. The van der Waals surface area contributed by atoms with Gasteiger partial charge in [-0.3, -0.25) is 9.59 Å². The zero-order chi connectivity index (χ0) is 33.6. The normalized spacial score (nSPS) is 23.0. The van der Waals surface area contributed by atoms with E-state index in [1.165, 1.54) is 12.2 Å². The lowest BCUT2D eigenvalue weighted by Crippen LogP contribution is -2.43. The van der Waals surface area contributed by atoms with E-state index in [-0.39, 0.29) is 56.9 Å². The molecule has 2 fully saturated rings. The Hall–Kier alpha value is -4.85. The van der Waals surface area contributed by atoms with Gasteiger partial charge in [0.25, 0.3) is 5.91 Å². The second-order valence-electron chi connectivity index (χ2n) is 12.0. The molecule has 2 aromatic carbocycles. The van der Waals surface area contributed by atoms with Crippen molar-refractivity contribution >= 4 is 35.8 Å². The summed E-state index contributed by atoms with van der Waals surface area (Å²) in [7, 11) is 0. The van der Waals surface area contributed by atoms with Crippen LogP contribution in [0.2, 0.25) is 0 Å². The number of esters is 3. The van der Waals surface area contributed by atoms with Crippen LogP contribution in [0.15, 0.2) is 66.3 Å². The van der Waals surface area contributed by atoms with Gasteiger partial charge < -0.3 is 39.4 Å². The highest BCUT2D eigenvalue weighted by atomic mass is 16.7. The van der Waals surface area contributed by atoms with E-state index in [1.54, 1.807) is 68.5 Å². The van der Waals surface area contributed by atoms with Crippen molar-refractivity contribution < 1.29 is 52.8 Å². The van der Waals surface area contributed by atoms with Crippen LogP contribution in [0.3, 0.4) is 0 Å². The van der Waals surface area contributed by atoms with Crippen LogP contribution in [0.5, 0.6) is 0 Å². The molecule has 2 amide bonds. The molecule has 13 nitrogen and oxygen atoms in total. The van der Waals surface area contributed by atoms with E-state index in [0.717, 1.165) is 0 Å². The molecule has 4 atom stereocenters. The third-order valence-electron chi connectivity index (χ3n) is 7.89. The molecule has 3 N–H and O–H groups in total. The fourth-order valence-corrected chi connectivity index (χ4v) is 5.30. The molecule has 2 heterocycles. The van der Waals surface area contributed by atoms with Crippen LogP contribution in [0.1, 0.15) is 52.1 Å². The van der Waals surface area contributed by atoms with Crippen molar-refractivity contribution in [3.8, 4) is 0 Å². The molecule has 0 saturated carbocycles. The minimum Gasteiger partial charge on any atom is -0.462 e. The zero-order valence-corrected chi connectivity index (χ0v) is 25.9. The monoisotopic (exact) mass is 648 g/mol. The molecule has 0 unspecified atom stereocenters. The zero-order valence-electron chi connectivity index (χ0n) is 25.9. The van der Waals surface area contributed by atoms with Gasteiger partial charge in [-0.05, 0) is 47.5 Å². The Morgan fingerprint density at radius 3 is 2.51 bits per heavy atom. The van der Waals surface area contributed by atoms with Gasteiger partial charge >= 0.3 is 17.9 Å². The van der Waals surface area contributed by atoms with Crippen LogP contribution in [0.4, 0.5) is 0 Å². The molecule has 0 bridgehead atoms. The van der Waals surface area contributed by atoms with Crippen molar-refractivity contribution in [2.24, 2.45) is 5.41 Å². The molecule has 2 aromatic rings. The molecule has 1 aliphatic carbocycles. The number of aliphatic hydroxyl groups is 1. The average molecular weight is 649 g/mol. The largest absolute Gasteiger partial charge is 0.462 e. The van der Waals surface area contributed by atoms with Gasteiger partial charge in [-0.1, -0.05) is 38.1 Å². The maximum absolute atomic E-state index is 13.1. The number of benzene rings is 2. The molecule has 13 heteroatoms. The minimum absolute atomic E-state index is 0.0111. The number of carbonyl (C=O) groups is 5. The number of rotatable bonds is 11. The van der Waals surface area contributed by atoms with Gasteiger partial charge in [0.05, 0.1) is 12.2 Å². The molecular formula is C34H36N2O11. The maximum Gasteiger partial charge on any atom is 0.348 e. The Morgan fingerprint density at radius 1 is 1.00 bits per heavy atom. The summed E-state index contributed by atoms with van der Waals surface area (Å²) in [4.78, 5) is 62.6. The maximum atomic E-state index is 13.1. The summed E-state index contributed by atoms with van der Waals surface area (Å²) >= 11 is 0. The minimum atomic E-state index is -0.984. The highest BCUT2D eigenvalue weighted by Gasteiger charge is 2.46. The van der Waals surface area contributed by atoms with E-state index in [2.05, 4.69) is 10.6 Å². The van der Waals surface area contributed by atoms with Crippen molar-refractivity contribution in [1.29, 1.82) is 0 Å². The Balaban J connectivity index is 1.16. The Morgan fingerprint density at radius 2 is 1.79 bits per heavy atom. The lowest BCUT2D eigenvalue weighted by molar-refractivity contribution is -0.159. The van der Waals surface area contributed by atoms with E-state index < -0.39 is 47.7 Å². The SMILES string of the molecule is CC1(C)COC(=O)[C@@H]1OC(=O)C=Cc1ccc(C(=O)O[C@@H]2CC(C(=O)NCc3cccc(C(=O)NCCO)c3)=C[C@H]3OCO[C@H]32)cc1. The first-order valence-electron chi connectivity index (χ1n) is 15.1. The number of fused-ring (bicyclic) bond motifs is 1. The number of hydrogen-bond donors (Lipinski definition) is 3. The molecule has 5 rings (SSSR count). The lowest BCUT2D eigenvalue weighted by Gasteiger charge is -2.30. The van der Waals surface area contributed by atoms with Crippen molar-refractivity contribution in [1.82, 2.24) is 10.6 Å². The number of aliphatic hydroxyl groups excluding tert-OH is 1. The van der Waals surface area contributed by atoms with Gasteiger partial charge in [-0.15, -0.1) is 0 Å². The number of carbonyl (C=O) groups excluding carboxylic acids is 5. The van der Waals surface area contributed by atoms with Gasteiger partial charge in [0.1, 0.15) is 31.7 Å². The average Bonchev–Trinajstić information content (AvgIpc) is 3.65. The van der Waals surface area contributed by atoms with Gasteiger partial charge in [0.15, 0.2) is 0 Å². The molecule has 0 aromatic heterocycles. The first-order chi connectivity index (χ1) is 22.5. The van der Waals surface area contributed by atoms with Crippen molar-refractivity contribution in [3.05, 3.63) is 88.5 Å². The molecule has 2 aliphatic heterocycles. The predicted molar refractivity (Wildman–Crippen MR) is 164 cm³/mol. The van der Waals surface area contributed by atoms with Crippen molar-refractivity contribution in [2.75, 3.05) is 26.6 Å². The topological polar surface area (TPSA) is 176 Å². The summed E-state index contributed by atoms with van der Waals surface area (Å²) < 4.78 is 27.3. The summed E-state index contributed by atoms with van der Waals surface area (Å²) in [6.45, 7) is 3.82. The van der Waals surface area contributed by atoms with Crippen molar-refractivity contribution in [2.45, 2.75) is 51.2 Å². The van der Waals surface area contributed by atoms with Crippen LogP contribution in [-0.4, -0.2) is 85.8 Å². The van der Waals surface area contributed by atoms with Crippen LogP contribution in [-0.2, 0) is 44.6 Å². The van der Waals surface area contributed by atoms with Gasteiger partial charge in [-0.25, -0.2) is 14.4 Å². The Kier molecular flexibility index (Phi) is 10.5.